The standard InChI is InChI=1S/C21H23N3O3S/c1-13-6-5-9-16(14(13)2)24-20(26)19-17(10-11-28-19)23(21(24)27)12-18(25)22-15-7-3-4-8-15/h5-6,9-11,15H,3-4,7-8,12H2,1-2H3,(H,22,25). The number of carbonyl (C=O) groups is 1. The quantitative estimate of drug-likeness (QED) is 0.736. The Morgan fingerprint density at radius 2 is 1.93 bits per heavy atom. The number of benzene rings is 1. The molecule has 7 heteroatoms. The van der Waals surface area contributed by atoms with Gasteiger partial charge in [0.05, 0.1) is 11.2 Å². The minimum absolute atomic E-state index is 0.0896. The highest BCUT2D eigenvalue weighted by Gasteiger charge is 2.21. The monoisotopic (exact) mass is 397 g/mol. The number of aromatic nitrogens is 2. The van der Waals surface area contributed by atoms with E-state index in [4.69, 9.17) is 0 Å². The van der Waals surface area contributed by atoms with Crippen molar-refractivity contribution in [3.05, 3.63) is 61.6 Å². The van der Waals surface area contributed by atoms with E-state index < -0.39 is 5.69 Å². The van der Waals surface area contributed by atoms with E-state index in [9.17, 15) is 14.4 Å². The van der Waals surface area contributed by atoms with Crippen LogP contribution in [0, 0.1) is 13.8 Å². The number of hydrogen-bond donors (Lipinski definition) is 1. The van der Waals surface area contributed by atoms with Crippen molar-refractivity contribution >= 4 is 27.5 Å². The fourth-order valence-corrected chi connectivity index (χ4v) is 4.74. The Morgan fingerprint density at radius 1 is 1.18 bits per heavy atom. The molecule has 1 fully saturated rings. The maximum atomic E-state index is 13.3. The fourth-order valence-electron chi connectivity index (χ4n) is 3.92. The molecule has 0 bridgehead atoms. The molecule has 1 aromatic carbocycles. The number of hydrogen-bond acceptors (Lipinski definition) is 4. The molecule has 1 saturated carbocycles. The zero-order valence-corrected chi connectivity index (χ0v) is 16.8. The van der Waals surface area contributed by atoms with Crippen LogP contribution in [0.1, 0.15) is 36.8 Å². The Hall–Kier alpha value is -2.67. The lowest BCUT2D eigenvalue weighted by Gasteiger charge is -2.16. The summed E-state index contributed by atoms with van der Waals surface area (Å²) in [5.41, 5.74) is 2.14. The topological polar surface area (TPSA) is 73.1 Å². The molecule has 1 aliphatic rings. The van der Waals surface area contributed by atoms with Crippen molar-refractivity contribution in [1.82, 2.24) is 14.5 Å². The van der Waals surface area contributed by atoms with Gasteiger partial charge in [0.2, 0.25) is 5.91 Å². The summed E-state index contributed by atoms with van der Waals surface area (Å²) >= 11 is 1.29. The summed E-state index contributed by atoms with van der Waals surface area (Å²) in [7, 11) is 0. The first-order valence-corrected chi connectivity index (χ1v) is 10.4. The smallest absolute Gasteiger partial charge is 0.336 e. The van der Waals surface area contributed by atoms with Gasteiger partial charge in [0.1, 0.15) is 11.2 Å². The molecule has 1 N–H and O–H groups in total. The van der Waals surface area contributed by atoms with E-state index in [1.807, 2.05) is 26.0 Å². The molecule has 0 aliphatic heterocycles. The average molecular weight is 398 g/mol. The number of amides is 1. The number of aryl methyl sites for hydroxylation is 1. The summed E-state index contributed by atoms with van der Waals surface area (Å²) in [6.07, 6.45) is 4.21. The molecule has 6 nitrogen and oxygen atoms in total. The summed E-state index contributed by atoms with van der Waals surface area (Å²) in [6.45, 7) is 3.75. The van der Waals surface area contributed by atoms with E-state index in [1.54, 1.807) is 17.5 Å². The predicted molar refractivity (Wildman–Crippen MR) is 112 cm³/mol. The largest absolute Gasteiger partial charge is 0.352 e. The van der Waals surface area contributed by atoms with Gasteiger partial charge in [0.25, 0.3) is 5.56 Å². The van der Waals surface area contributed by atoms with Gasteiger partial charge in [-0.05, 0) is 55.3 Å². The van der Waals surface area contributed by atoms with Crippen LogP contribution in [0.3, 0.4) is 0 Å². The Labute approximate surface area is 166 Å². The first kappa shape index (κ1) is 18.7. The number of nitrogens with zero attached hydrogens (tertiary/aromatic N) is 2. The minimum Gasteiger partial charge on any atom is -0.352 e. The molecule has 1 amide bonds. The summed E-state index contributed by atoms with van der Waals surface area (Å²) in [6, 6.07) is 7.47. The highest BCUT2D eigenvalue weighted by Crippen LogP contribution is 2.20. The van der Waals surface area contributed by atoms with Gasteiger partial charge >= 0.3 is 5.69 Å². The Kier molecular flexibility index (Phi) is 4.93. The Bertz CT molecular complexity index is 1170. The summed E-state index contributed by atoms with van der Waals surface area (Å²) in [5, 5.41) is 4.81. The van der Waals surface area contributed by atoms with Gasteiger partial charge in [-0.2, -0.15) is 0 Å². The number of rotatable bonds is 4. The van der Waals surface area contributed by atoms with Crippen LogP contribution in [-0.2, 0) is 11.3 Å². The fraction of sp³-hybridized carbons (Fsp3) is 0.381. The maximum absolute atomic E-state index is 13.3. The molecule has 0 unspecified atom stereocenters. The van der Waals surface area contributed by atoms with Crippen LogP contribution in [-0.4, -0.2) is 21.1 Å². The van der Waals surface area contributed by atoms with Crippen LogP contribution >= 0.6 is 11.3 Å². The second-order valence-electron chi connectivity index (χ2n) is 7.41. The molecule has 4 rings (SSSR count). The average Bonchev–Trinajstić information content (AvgIpc) is 3.34. The van der Waals surface area contributed by atoms with Crippen molar-refractivity contribution in [3.63, 3.8) is 0 Å². The van der Waals surface area contributed by atoms with E-state index in [0.29, 0.717) is 15.9 Å². The van der Waals surface area contributed by atoms with Crippen LogP contribution in [0.15, 0.2) is 39.2 Å². The molecule has 0 spiro atoms. The molecule has 28 heavy (non-hydrogen) atoms. The highest BCUT2D eigenvalue weighted by molar-refractivity contribution is 7.17. The molecule has 0 saturated heterocycles. The third-order valence-electron chi connectivity index (χ3n) is 5.59. The van der Waals surface area contributed by atoms with Crippen LogP contribution in [0.25, 0.3) is 15.9 Å². The molecular formula is C21H23N3O3S. The lowest BCUT2D eigenvalue weighted by molar-refractivity contribution is -0.122. The van der Waals surface area contributed by atoms with Crippen molar-refractivity contribution in [2.45, 2.75) is 52.1 Å². The van der Waals surface area contributed by atoms with E-state index >= 15 is 0 Å². The van der Waals surface area contributed by atoms with Gasteiger partial charge in [-0.3, -0.25) is 14.2 Å². The number of nitrogens with one attached hydrogen (secondary N) is 1. The van der Waals surface area contributed by atoms with Crippen molar-refractivity contribution < 1.29 is 4.79 Å². The molecule has 0 atom stereocenters. The van der Waals surface area contributed by atoms with Crippen LogP contribution < -0.4 is 16.6 Å². The SMILES string of the molecule is Cc1cccc(-n2c(=O)c3sccc3n(CC(=O)NC3CCCC3)c2=O)c1C. The molecule has 146 valence electrons. The first-order chi connectivity index (χ1) is 13.5. The zero-order valence-electron chi connectivity index (χ0n) is 16.0. The minimum atomic E-state index is -0.480. The van der Waals surface area contributed by atoms with Gasteiger partial charge < -0.3 is 5.32 Å². The third-order valence-corrected chi connectivity index (χ3v) is 6.49. The number of thiophene rings is 1. The molecule has 2 aromatic heterocycles. The van der Waals surface area contributed by atoms with Gasteiger partial charge in [-0.25, -0.2) is 9.36 Å². The van der Waals surface area contributed by atoms with Crippen LogP contribution in [0.5, 0.6) is 0 Å². The molecule has 0 radical (unpaired) electrons. The molecular weight excluding hydrogens is 374 g/mol. The molecule has 2 heterocycles. The second kappa shape index (κ2) is 7.39. The van der Waals surface area contributed by atoms with E-state index in [0.717, 1.165) is 36.8 Å². The van der Waals surface area contributed by atoms with E-state index in [1.165, 1.54) is 20.5 Å². The normalized spacial score (nSPS) is 14.6. The Balaban J connectivity index is 1.84. The first-order valence-electron chi connectivity index (χ1n) is 9.56. The number of fused-ring (bicyclic) bond motifs is 1. The summed E-state index contributed by atoms with van der Waals surface area (Å²) < 4.78 is 3.10. The zero-order chi connectivity index (χ0) is 19.8. The lowest BCUT2D eigenvalue weighted by atomic mass is 10.1. The highest BCUT2D eigenvalue weighted by atomic mass is 32.1. The lowest BCUT2D eigenvalue weighted by Crippen LogP contribution is -2.43. The van der Waals surface area contributed by atoms with Gasteiger partial charge in [0, 0.05) is 6.04 Å². The maximum Gasteiger partial charge on any atom is 0.336 e. The van der Waals surface area contributed by atoms with Gasteiger partial charge in [0.15, 0.2) is 0 Å². The molecule has 1 aliphatic carbocycles. The summed E-state index contributed by atoms with van der Waals surface area (Å²) in [4.78, 5) is 38.9. The van der Waals surface area contributed by atoms with E-state index in [2.05, 4.69) is 5.32 Å². The predicted octanol–water partition coefficient (Wildman–Crippen LogP) is 2.89. The third kappa shape index (κ3) is 3.20. The van der Waals surface area contributed by atoms with E-state index in [-0.39, 0.29) is 24.1 Å². The summed E-state index contributed by atoms with van der Waals surface area (Å²) in [5.74, 6) is -0.187. The molecule has 3 aromatic rings. The van der Waals surface area contributed by atoms with Crippen LogP contribution in [0.4, 0.5) is 0 Å². The van der Waals surface area contributed by atoms with Crippen LogP contribution in [0.2, 0.25) is 0 Å². The number of carbonyl (C=O) groups excluding carboxylic acids is 1. The van der Waals surface area contributed by atoms with Gasteiger partial charge in [-0.15, -0.1) is 11.3 Å². The van der Waals surface area contributed by atoms with Crippen molar-refractivity contribution in [3.8, 4) is 5.69 Å². The van der Waals surface area contributed by atoms with Crippen molar-refractivity contribution in [1.29, 1.82) is 0 Å². The van der Waals surface area contributed by atoms with Gasteiger partial charge in [-0.1, -0.05) is 25.0 Å². The van der Waals surface area contributed by atoms with Crippen molar-refractivity contribution in [2.24, 2.45) is 0 Å². The second-order valence-corrected chi connectivity index (χ2v) is 8.33. The van der Waals surface area contributed by atoms with Crippen molar-refractivity contribution in [2.75, 3.05) is 0 Å². The Morgan fingerprint density at radius 3 is 2.68 bits per heavy atom.